The maximum atomic E-state index is 12.1. The molecular weight excluding hydrogens is 356 g/mol. The fraction of sp³-hybridized carbons (Fsp3) is 0.158. The van der Waals surface area contributed by atoms with Gasteiger partial charge in [-0.05, 0) is 30.3 Å². The lowest BCUT2D eigenvalue weighted by molar-refractivity contribution is -0.123. The summed E-state index contributed by atoms with van der Waals surface area (Å²) in [6.07, 6.45) is 0.103. The first-order valence-electron chi connectivity index (χ1n) is 7.69. The number of benzene rings is 2. The molecule has 1 aliphatic rings. The maximum absolute atomic E-state index is 12.1. The summed E-state index contributed by atoms with van der Waals surface area (Å²) in [4.78, 5) is 25.1. The van der Waals surface area contributed by atoms with Crippen molar-refractivity contribution in [2.45, 2.75) is 16.6 Å². The van der Waals surface area contributed by atoms with Gasteiger partial charge in [-0.1, -0.05) is 41.6 Å². The Hall–Kier alpha value is -2.42. The molecular formula is C19H15ClN2O2S. The van der Waals surface area contributed by atoms with Crippen molar-refractivity contribution in [3.05, 3.63) is 59.1 Å². The third-order valence-corrected chi connectivity index (χ3v) is 5.02. The molecule has 0 saturated carbocycles. The lowest BCUT2D eigenvalue weighted by Crippen LogP contribution is -2.35. The third kappa shape index (κ3) is 4.79. The third-order valence-electron chi connectivity index (χ3n) is 3.51. The van der Waals surface area contributed by atoms with Crippen LogP contribution in [-0.4, -0.2) is 23.6 Å². The summed E-state index contributed by atoms with van der Waals surface area (Å²) in [5.41, 5.74) is 1.59. The Kier molecular flexibility index (Phi) is 5.64. The molecule has 1 atom stereocenters. The fourth-order valence-corrected chi connectivity index (χ4v) is 3.57. The van der Waals surface area contributed by atoms with Gasteiger partial charge in [0.1, 0.15) is 0 Å². The van der Waals surface area contributed by atoms with Gasteiger partial charge in [0.25, 0.3) is 0 Å². The lowest BCUT2D eigenvalue weighted by atomic mass is 10.2. The Morgan fingerprint density at radius 1 is 1.24 bits per heavy atom. The zero-order chi connectivity index (χ0) is 17.6. The molecule has 0 fully saturated rings. The van der Waals surface area contributed by atoms with E-state index in [-0.39, 0.29) is 24.8 Å². The van der Waals surface area contributed by atoms with Crippen LogP contribution in [0.1, 0.15) is 12.0 Å². The molecule has 0 saturated heterocycles. The molecule has 2 amide bonds. The Labute approximate surface area is 155 Å². The molecule has 2 N–H and O–H groups in total. The minimum Gasteiger partial charge on any atom is -0.345 e. The SMILES string of the molecule is O=C(CC1Sc2ccc(Cl)cc2NC1=O)NCC#Cc1ccccc1. The van der Waals surface area contributed by atoms with Crippen molar-refractivity contribution in [3.8, 4) is 11.8 Å². The molecule has 0 spiro atoms. The van der Waals surface area contributed by atoms with Crippen molar-refractivity contribution in [2.24, 2.45) is 0 Å². The van der Waals surface area contributed by atoms with Gasteiger partial charge >= 0.3 is 0 Å². The molecule has 1 aliphatic heterocycles. The summed E-state index contributed by atoms with van der Waals surface area (Å²) in [5, 5.41) is 5.62. The van der Waals surface area contributed by atoms with Gasteiger partial charge in [0, 0.05) is 21.9 Å². The fourth-order valence-electron chi connectivity index (χ4n) is 2.31. The lowest BCUT2D eigenvalue weighted by Gasteiger charge is -2.23. The quantitative estimate of drug-likeness (QED) is 0.815. The predicted octanol–water partition coefficient (Wildman–Crippen LogP) is 3.31. The van der Waals surface area contributed by atoms with E-state index in [0.29, 0.717) is 10.7 Å². The highest BCUT2D eigenvalue weighted by atomic mass is 35.5. The predicted molar refractivity (Wildman–Crippen MR) is 101 cm³/mol. The minimum atomic E-state index is -0.462. The van der Waals surface area contributed by atoms with Crippen molar-refractivity contribution in [2.75, 3.05) is 11.9 Å². The van der Waals surface area contributed by atoms with Crippen LogP contribution < -0.4 is 10.6 Å². The number of thioether (sulfide) groups is 1. The number of rotatable bonds is 3. The van der Waals surface area contributed by atoms with E-state index in [0.717, 1.165) is 10.5 Å². The molecule has 0 aliphatic carbocycles. The molecule has 3 rings (SSSR count). The second-order valence-corrected chi connectivity index (χ2v) is 7.07. The Morgan fingerprint density at radius 3 is 2.84 bits per heavy atom. The molecule has 4 nitrogen and oxygen atoms in total. The van der Waals surface area contributed by atoms with Crippen LogP contribution >= 0.6 is 23.4 Å². The zero-order valence-electron chi connectivity index (χ0n) is 13.2. The highest BCUT2D eigenvalue weighted by Gasteiger charge is 2.28. The first-order valence-corrected chi connectivity index (χ1v) is 8.95. The van der Waals surface area contributed by atoms with E-state index >= 15 is 0 Å². The van der Waals surface area contributed by atoms with Crippen molar-refractivity contribution in [1.82, 2.24) is 5.32 Å². The highest BCUT2D eigenvalue weighted by Crippen LogP contribution is 2.38. The standard InChI is InChI=1S/C19H15ClN2O2S/c20-14-8-9-16-15(11-14)22-19(24)17(25-16)12-18(23)21-10-4-7-13-5-2-1-3-6-13/h1-3,5-6,8-9,11,17H,10,12H2,(H,21,23)(H,22,24). The van der Waals surface area contributed by atoms with Crippen molar-refractivity contribution >= 4 is 40.9 Å². The Bertz CT molecular complexity index is 859. The summed E-state index contributed by atoms with van der Waals surface area (Å²) in [6, 6.07) is 14.9. The van der Waals surface area contributed by atoms with Crippen LogP contribution in [0.3, 0.4) is 0 Å². The first kappa shape index (κ1) is 17.4. The number of fused-ring (bicyclic) bond motifs is 1. The summed E-state index contributed by atoms with van der Waals surface area (Å²) >= 11 is 7.29. The molecule has 0 bridgehead atoms. The van der Waals surface area contributed by atoms with Crippen molar-refractivity contribution < 1.29 is 9.59 Å². The number of hydrogen-bond donors (Lipinski definition) is 2. The van der Waals surface area contributed by atoms with Crippen molar-refractivity contribution in [3.63, 3.8) is 0 Å². The van der Waals surface area contributed by atoms with E-state index in [2.05, 4.69) is 22.5 Å². The number of hydrogen-bond acceptors (Lipinski definition) is 3. The smallest absolute Gasteiger partial charge is 0.238 e. The molecule has 126 valence electrons. The Morgan fingerprint density at radius 2 is 2.04 bits per heavy atom. The summed E-state index contributed by atoms with van der Waals surface area (Å²) < 4.78 is 0. The summed E-state index contributed by atoms with van der Waals surface area (Å²) in [7, 11) is 0. The van der Waals surface area contributed by atoms with Gasteiger partial charge in [-0.15, -0.1) is 11.8 Å². The second-order valence-electron chi connectivity index (χ2n) is 5.38. The molecule has 2 aromatic carbocycles. The van der Waals surface area contributed by atoms with Crippen LogP contribution in [-0.2, 0) is 9.59 Å². The number of anilines is 1. The Balaban J connectivity index is 1.52. The van der Waals surface area contributed by atoms with Gasteiger partial charge in [0.05, 0.1) is 17.5 Å². The number of carbonyl (C=O) groups is 2. The molecule has 25 heavy (non-hydrogen) atoms. The van der Waals surface area contributed by atoms with Crippen LogP contribution in [0.25, 0.3) is 0 Å². The van der Waals surface area contributed by atoms with Crippen LogP contribution in [0.2, 0.25) is 5.02 Å². The van der Waals surface area contributed by atoms with Gasteiger partial charge in [0.15, 0.2) is 0 Å². The number of carbonyl (C=O) groups excluding carboxylic acids is 2. The topological polar surface area (TPSA) is 58.2 Å². The minimum absolute atomic E-state index is 0.103. The number of amides is 2. The van der Waals surface area contributed by atoms with Gasteiger partial charge in [-0.3, -0.25) is 9.59 Å². The monoisotopic (exact) mass is 370 g/mol. The normalized spacial score (nSPS) is 15.4. The first-order chi connectivity index (χ1) is 12.1. The summed E-state index contributed by atoms with van der Waals surface area (Å²) in [5.74, 6) is 5.48. The van der Waals surface area contributed by atoms with Gasteiger partial charge in [-0.2, -0.15) is 0 Å². The molecule has 1 unspecified atom stereocenters. The van der Waals surface area contributed by atoms with E-state index in [1.807, 2.05) is 36.4 Å². The van der Waals surface area contributed by atoms with Crippen LogP contribution in [0.4, 0.5) is 5.69 Å². The molecule has 1 heterocycles. The number of nitrogens with one attached hydrogen (secondary N) is 2. The van der Waals surface area contributed by atoms with Crippen LogP contribution in [0.5, 0.6) is 0 Å². The molecule has 0 aromatic heterocycles. The zero-order valence-corrected chi connectivity index (χ0v) is 14.8. The second kappa shape index (κ2) is 8.11. The van der Waals surface area contributed by atoms with E-state index in [9.17, 15) is 9.59 Å². The van der Waals surface area contributed by atoms with E-state index in [1.54, 1.807) is 12.1 Å². The van der Waals surface area contributed by atoms with Crippen LogP contribution in [0.15, 0.2) is 53.4 Å². The number of halogens is 1. The van der Waals surface area contributed by atoms with E-state index in [1.165, 1.54) is 11.8 Å². The summed E-state index contributed by atoms with van der Waals surface area (Å²) in [6.45, 7) is 0.249. The average molecular weight is 371 g/mol. The van der Waals surface area contributed by atoms with E-state index in [4.69, 9.17) is 11.6 Å². The van der Waals surface area contributed by atoms with Crippen LogP contribution in [0, 0.1) is 11.8 Å². The molecule has 0 radical (unpaired) electrons. The average Bonchev–Trinajstić information content (AvgIpc) is 2.60. The van der Waals surface area contributed by atoms with Gasteiger partial charge in [-0.25, -0.2) is 0 Å². The molecule has 2 aromatic rings. The maximum Gasteiger partial charge on any atom is 0.238 e. The van der Waals surface area contributed by atoms with E-state index < -0.39 is 5.25 Å². The highest BCUT2D eigenvalue weighted by molar-refractivity contribution is 8.01. The van der Waals surface area contributed by atoms with Crippen molar-refractivity contribution in [1.29, 1.82) is 0 Å². The van der Waals surface area contributed by atoms with Gasteiger partial charge in [0.2, 0.25) is 11.8 Å². The largest absolute Gasteiger partial charge is 0.345 e. The molecule has 6 heteroatoms. The van der Waals surface area contributed by atoms with Gasteiger partial charge < -0.3 is 10.6 Å².